The van der Waals surface area contributed by atoms with E-state index >= 15 is 0 Å². The van der Waals surface area contributed by atoms with Crippen molar-refractivity contribution < 1.29 is 9.53 Å². The van der Waals surface area contributed by atoms with Gasteiger partial charge < -0.3 is 20.4 Å². The molecular weight excluding hydrogens is 268 g/mol. The lowest BCUT2D eigenvalue weighted by Crippen LogP contribution is -2.51. The zero-order valence-corrected chi connectivity index (χ0v) is 13.5. The molecule has 0 saturated carbocycles. The van der Waals surface area contributed by atoms with Crippen LogP contribution in [0, 0.1) is 5.41 Å². The predicted molar refractivity (Wildman–Crippen MR) is 82.7 cm³/mol. The molecule has 2 unspecified atom stereocenters. The van der Waals surface area contributed by atoms with E-state index in [0.717, 1.165) is 6.42 Å². The molecule has 0 aliphatic carbocycles. The Morgan fingerprint density at radius 3 is 2.71 bits per heavy atom. The number of ether oxygens (including phenoxy) is 1. The van der Waals surface area contributed by atoms with E-state index in [1.54, 1.807) is 19.6 Å². The third kappa shape index (κ3) is 6.27. The Labute approximate surface area is 127 Å². The Balaban J connectivity index is 2.58. The Morgan fingerprint density at radius 2 is 2.19 bits per heavy atom. The third-order valence-corrected chi connectivity index (χ3v) is 3.51. The Hall–Kier alpha value is -1.40. The lowest BCUT2D eigenvalue weighted by atomic mass is 9.86. The first-order valence-electron chi connectivity index (χ1n) is 7.35. The minimum Gasteiger partial charge on any atom is -0.385 e. The number of imidazole rings is 1. The zero-order chi connectivity index (χ0) is 15.9. The molecule has 6 heteroatoms. The maximum Gasteiger partial charge on any atom is 0.237 e. The van der Waals surface area contributed by atoms with Gasteiger partial charge in [-0.05, 0) is 18.3 Å². The summed E-state index contributed by atoms with van der Waals surface area (Å²) in [6.45, 7) is 7.61. The van der Waals surface area contributed by atoms with Gasteiger partial charge in [0.2, 0.25) is 5.91 Å². The highest BCUT2D eigenvalue weighted by Gasteiger charge is 2.28. The number of hydrogen-bond acceptors (Lipinski definition) is 4. The molecule has 21 heavy (non-hydrogen) atoms. The monoisotopic (exact) mass is 296 g/mol. The number of nitrogens with two attached hydrogens (primary N) is 1. The van der Waals surface area contributed by atoms with Crippen molar-refractivity contribution in [3.8, 4) is 0 Å². The smallest absolute Gasteiger partial charge is 0.237 e. The van der Waals surface area contributed by atoms with Crippen LogP contribution < -0.4 is 11.1 Å². The summed E-state index contributed by atoms with van der Waals surface area (Å²) in [7, 11) is 1.65. The number of carbonyl (C=O) groups excluding carboxylic acids is 1. The summed E-state index contributed by atoms with van der Waals surface area (Å²) in [4.78, 5) is 16.3. The van der Waals surface area contributed by atoms with E-state index in [1.807, 2.05) is 10.8 Å². The summed E-state index contributed by atoms with van der Waals surface area (Å²) < 4.78 is 6.94. The summed E-state index contributed by atoms with van der Waals surface area (Å²) in [5, 5.41) is 3.07. The SMILES string of the molecule is COCCCC(N)C(=O)NC(Cn1ccnc1)C(C)(C)C. The molecule has 120 valence electrons. The van der Waals surface area contributed by atoms with Crippen LogP contribution >= 0.6 is 0 Å². The second kappa shape index (κ2) is 8.14. The number of methoxy groups -OCH3 is 1. The molecule has 1 heterocycles. The van der Waals surface area contributed by atoms with E-state index in [-0.39, 0.29) is 17.4 Å². The number of nitrogens with one attached hydrogen (secondary N) is 1. The van der Waals surface area contributed by atoms with Gasteiger partial charge in [0.1, 0.15) is 0 Å². The van der Waals surface area contributed by atoms with Gasteiger partial charge in [-0.25, -0.2) is 4.98 Å². The Bertz CT molecular complexity index is 412. The molecule has 0 radical (unpaired) electrons. The molecule has 0 aromatic carbocycles. The quantitative estimate of drug-likeness (QED) is 0.705. The highest BCUT2D eigenvalue weighted by Crippen LogP contribution is 2.21. The number of carbonyl (C=O) groups is 1. The molecule has 0 bridgehead atoms. The summed E-state index contributed by atoms with van der Waals surface area (Å²) in [6, 6.07) is -0.500. The molecule has 0 saturated heterocycles. The predicted octanol–water partition coefficient (Wildman–Crippen LogP) is 1.17. The maximum atomic E-state index is 12.2. The first kappa shape index (κ1) is 17.7. The van der Waals surface area contributed by atoms with Crippen LogP contribution in [0.15, 0.2) is 18.7 Å². The average Bonchev–Trinajstić information content (AvgIpc) is 2.90. The second-order valence-corrected chi connectivity index (χ2v) is 6.43. The van der Waals surface area contributed by atoms with E-state index in [0.29, 0.717) is 19.6 Å². The molecule has 1 rings (SSSR count). The van der Waals surface area contributed by atoms with E-state index in [1.165, 1.54) is 0 Å². The minimum atomic E-state index is -0.493. The van der Waals surface area contributed by atoms with Crippen LogP contribution in [-0.4, -0.2) is 41.3 Å². The molecular formula is C15H28N4O2. The van der Waals surface area contributed by atoms with Gasteiger partial charge in [0.05, 0.1) is 18.4 Å². The highest BCUT2D eigenvalue weighted by atomic mass is 16.5. The fourth-order valence-corrected chi connectivity index (χ4v) is 2.00. The van der Waals surface area contributed by atoms with Crippen molar-refractivity contribution in [2.75, 3.05) is 13.7 Å². The first-order chi connectivity index (χ1) is 9.84. The van der Waals surface area contributed by atoms with Crippen LogP contribution in [0.2, 0.25) is 0 Å². The van der Waals surface area contributed by atoms with Gasteiger partial charge in [-0.3, -0.25) is 4.79 Å². The molecule has 1 aromatic rings. The van der Waals surface area contributed by atoms with Crippen LogP contribution in [-0.2, 0) is 16.1 Å². The molecule has 0 spiro atoms. The molecule has 6 nitrogen and oxygen atoms in total. The third-order valence-electron chi connectivity index (χ3n) is 3.51. The van der Waals surface area contributed by atoms with E-state index in [9.17, 15) is 4.79 Å². The van der Waals surface area contributed by atoms with Gasteiger partial charge in [0.25, 0.3) is 0 Å². The highest BCUT2D eigenvalue weighted by molar-refractivity contribution is 5.81. The van der Waals surface area contributed by atoms with Crippen molar-refractivity contribution in [2.24, 2.45) is 11.1 Å². The van der Waals surface area contributed by atoms with Gasteiger partial charge >= 0.3 is 0 Å². The number of amides is 1. The van der Waals surface area contributed by atoms with Crippen LogP contribution in [0.4, 0.5) is 0 Å². The molecule has 0 fully saturated rings. The van der Waals surface area contributed by atoms with Crippen LogP contribution in [0.25, 0.3) is 0 Å². The lowest BCUT2D eigenvalue weighted by molar-refractivity contribution is -0.124. The molecule has 3 N–H and O–H groups in total. The molecule has 1 aromatic heterocycles. The van der Waals surface area contributed by atoms with Crippen LogP contribution in [0.3, 0.4) is 0 Å². The molecule has 1 amide bonds. The Kier molecular flexibility index (Phi) is 6.84. The number of nitrogens with zero attached hydrogens (tertiary/aromatic N) is 2. The van der Waals surface area contributed by atoms with Gasteiger partial charge in [-0.1, -0.05) is 20.8 Å². The van der Waals surface area contributed by atoms with Gasteiger partial charge in [-0.2, -0.15) is 0 Å². The minimum absolute atomic E-state index is 0.00678. The fourth-order valence-electron chi connectivity index (χ4n) is 2.00. The zero-order valence-electron chi connectivity index (χ0n) is 13.5. The van der Waals surface area contributed by atoms with Crippen LogP contribution in [0.5, 0.6) is 0 Å². The summed E-state index contributed by atoms with van der Waals surface area (Å²) >= 11 is 0. The average molecular weight is 296 g/mol. The summed E-state index contributed by atoms with van der Waals surface area (Å²) in [5.41, 5.74) is 5.87. The van der Waals surface area contributed by atoms with Crippen LogP contribution in [0.1, 0.15) is 33.6 Å². The lowest BCUT2D eigenvalue weighted by Gasteiger charge is -2.32. The normalized spacial score (nSPS) is 14.7. The molecule has 2 atom stereocenters. The number of aromatic nitrogens is 2. The number of rotatable bonds is 8. The topological polar surface area (TPSA) is 82.2 Å². The van der Waals surface area contributed by atoms with Crippen molar-refractivity contribution in [1.82, 2.24) is 14.9 Å². The first-order valence-corrected chi connectivity index (χ1v) is 7.35. The van der Waals surface area contributed by atoms with Crippen molar-refractivity contribution >= 4 is 5.91 Å². The van der Waals surface area contributed by atoms with E-state index < -0.39 is 6.04 Å². The molecule has 0 aliphatic heterocycles. The molecule has 0 aliphatic rings. The van der Waals surface area contributed by atoms with E-state index in [4.69, 9.17) is 10.5 Å². The van der Waals surface area contributed by atoms with Gasteiger partial charge in [-0.15, -0.1) is 0 Å². The van der Waals surface area contributed by atoms with E-state index in [2.05, 4.69) is 31.1 Å². The van der Waals surface area contributed by atoms with Crippen molar-refractivity contribution in [1.29, 1.82) is 0 Å². The number of hydrogen-bond donors (Lipinski definition) is 2. The van der Waals surface area contributed by atoms with Gasteiger partial charge in [0.15, 0.2) is 0 Å². The summed E-state index contributed by atoms with van der Waals surface area (Å²) in [6.07, 6.45) is 6.79. The van der Waals surface area contributed by atoms with Crippen molar-refractivity contribution in [2.45, 2.75) is 52.2 Å². The maximum absolute atomic E-state index is 12.2. The van der Waals surface area contributed by atoms with Crippen molar-refractivity contribution in [3.63, 3.8) is 0 Å². The summed E-state index contributed by atoms with van der Waals surface area (Å²) in [5.74, 6) is -0.105. The standard InChI is InChI=1S/C15H28N4O2/c1-15(2,3)13(10-19-8-7-17-11-19)18-14(20)12(16)6-5-9-21-4/h7-8,11-13H,5-6,9-10,16H2,1-4H3,(H,18,20). The second-order valence-electron chi connectivity index (χ2n) is 6.43. The van der Waals surface area contributed by atoms with Crippen molar-refractivity contribution in [3.05, 3.63) is 18.7 Å². The van der Waals surface area contributed by atoms with Gasteiger partial charge in [0, 0.05) is 32.7 Å². The largest absolute Gasteiger partial charge is 0.385 e. The fraction of sp³-hybridized carbons (Fsp3) is 0.733. The Morgan fingerprint density at radius 1 is 1.48 bits per heavy atom.